The Kier molecular flexibility index (Phi) is 5.01. The fourth-order valence-electron chi connectivity index (χ4n) is 1.67. The summed E-state index contributed by atoms with van der Waals surface area (Å²) < 4.78 is 5.32. The largest absolute Gasteiger partial charge is 0.496 e. The first-order chi connectivity index (χ1) is 8.08. The van der Waals surface area contributed by atoms with Gasteiger partial charge in [-0.1, -0.05) is 32.9 Å². The quantitative estimate of drug-likeness (QED) is 0.852. The predicted octanol–water partition coefficient (Wildman–Crippen LogP) is 2.84. The maximum Gasteiger partial charge on any atom is 0.219 e. The second-order valence-corrected chi connectivity index (χ2v) is 4.36. The monoisotopic (exact) mass is 235 g/mol. The minimum Gasteiger partial charge on any atom is -0.496 e. The molecule has 3 nitrogen and oxygen atoms in total. The lowest BCUT2D eigenvalue weighted by molar-refractivity contribution is -0.120. The summed E-state index contributed by atoms with van der Waals surface area (Å²) in [6, 6.07) is 6.04. The highest BCUT2D eigenvalue weighted by molar-refractivity contribution is 5.75. The first-order valence-corrected chi connectivity index (χ1v) is 6.02. The van der Waals surface area contributed by atoms with Crippen LogP contribution in [0.3, 0.4) is 0 Å². The summed E-state index contributed by atoms with van der Waals surface area (Å²) in [5, 5.41) is 2.87. The number of methoxy groups -OCH3 is 1. The summed E-state index contributed by atoms with van der Waals surface area (Å²) in [6.45, 7) is 6.69. The Morgan fingerprint density at radius 3 is 2.65 bits per heavy atom. The number of ether oxygens (including phenoxy) is 1. The van der Waals surface area contributed by atoms with Crippen LogP contribution in [0.1, 0.15) is 44.2 Å². The average Bonchev–Trinajstić information content (AvgIpc) is 2.35. The van der Waals surface area contributed by atoms with E-state index in [1.807, 2.05) is 19.1 Å². The fraction of sp³-hybridized carbons (Fsp3) is 0.500. The fourth-order valence-corrected chi connectivity index (χ4v) is 1.67. The Bertz CT molecular complexity index is 386. The van der Waals surface area contributed by atoms with Gasteiger partial charge in [0.05, 0.1) is 7.11 Å². The van der Waals surface area contributed by atoms with Crippen molar-refractivity contribution in [3.05, 3.63) is 29.3 Å². The van der Waals surface area contributed by atoms with Crippen molar-refractivity contribution < 1.29 is 9.53 Å². The molecular weight excluding hydrogens is 214 g/mol. The smallest absolute Gasteiger partial charge is 0.219 e. The second-order valence-electron chi connectivity index (χ2n) is 4.36. The van der Waals surface area contributed by atoms with E-state index in [1.165, 1.54) is 5.56 Å². The van der Waals surface area contributed by atoms with E-state index in [9.17, 15) is 4.79 Å². The number of carbonyl (C=O) groups is 1. The Hall–Kier alpha value is -1.51. The van der Waals surface area contributed by atoms with E-state index < -0.39 is 0 Å². The van der Waals surface area contributed by atoms with Gasteiger partial charge in [-0.15, -0.1) is 0 Å². The normalized spacial score (nSPS) is 10.4. The first-order valence-electron chi connectivity index (χ1n) is 6.02. The van der Waals surface area contributed by atoms with Crippen molar-refractivity contribution in [2.24, 2.45) is 0 Å². The van der Waals surface area contributed by atoms with Crippen LogP contribution < -0.4 is 10.1 Å². The van der Waals surface area contributed by atoms with Crippen molar-refractivity contribution in [2.45, 2.75) is 39.7 Å². The SMILES string of the molecule is CCC(=O)NCc1ccc(OC)c(C(C)C)c1. The summed E-state index contributed by atoms with van der Waals surface area (Å²) in [6.07, 6.45) is 0.521. The molecule has 0 unspecified atom stereocenters. The molecule has 0 aliphatic rings. The second kappa shape index (κ2) is 6.28. The van der Waals surface area contributed by atoms with E-state index in [4.69, 9.17) is 4.74 Å². The molecule has 1 aromatic rings. The summed E-state index contributed by atoms with van der Waals surface area (Å²) in [5.41, 5.74) is 2.28. The van der Waals surface area contributed by atoms with E-state index in [-0.39, 0.29) is 5.91 Å². The summed E-state index contributed by atoms with van der Waals surface area (Å²) >= 11 is 0. The molecule has 0 aromatic heterocycles. The van der Waals surface area contributed by atoms with Gasteiger partial charge in [-0.2, -0.15) is 0 Å². The zero-order valence-electron chi connectivity index (χ0n) is 11.0. The molecule has 94 valence electrons. The Morgan fingerprint density at radius 2 is 2.12 bits per heavy atom. The van der Waals surface area contributed by atoms with Gasteiger partial charge < -0.3 is 10.1 Å². The summed E-state index contributed by atoms with van der Waals surface area (Å²) in [7, 11) is 1.68. The predicted molar refractivity (Wildman–Crippen MR) is 69.2 cm³/mol. The Balaban J connectivity index is 2.81. The molecule has 3 heteroatoms. The molecule has 0 saturated carbocycles. The zero-order valence-corrected chi connectivity index (χ0v) is 11.0. The number of benzene rings is 1. The molecule has 0 fully saturated rings. The number of nitrogens with one attached hydrogen (secondary N) is 1. The lowest BCUT2D eigenvalue weighted by Gasteiger charge is -2.13. The molecule has 0 aliphatic carbocycles. The average molecular weight is 235 g/mol. The van der Waals surface area contributed by atoms with Gasteiger partial charge in [0.1, 0.15) is 5.75 Å². The van der Waals surface area contributed by atoms with Gasteiger partial charge >= 0.3 is 0 Å². The highest BCUT2D eigenvalue weighted by atomic mass is 16.5. The number of hydrogen-bond donors (Lipinski definition) is 1. The van der Waals surface area contributed by atoms with E-state index in [0.29, 0.717) is 18.9 Å². The van der Waals surface area contributed by atoms with Gasteiger partial charge in [-0.05, 0) is 23.1 Å². The van der Waals surface area contributed by atoms with Gasteiger partial charge in [-0.25, -0.2) is 0 Å². The Morgan fingerprint density at radius 1 is 1.41 bits per heavy atom. The molecule has 0 bridgehead atoms. The van der Waals surface area contributed by atoms with Gasteiger partial charge in [0, 0.05) is 13.0 Å². The van der Waals surface area contributed by atoms with Gasteiger partial charge in [0.2, 0.25) is 5.91 Å². The van der Waals surface area contributed by atoms with Gasteiger partial charge in [0.15, 0.2) is 0 Å². The van der Waals surface area contributed by atoms with Crippen LogP contribution in [0.4, 0.5) is 0 Å². The van der Waals surface area contributed by atoms with Crippen molar-refractivity contribution in [3.8, 4) is 5.75 Å². The van der Waals surface area contributed by atoms with Crippen molar-refractivity contribution in [3.63, 3.8) is 0 Å². The van der Waals surface area contributed by atoms with Gasteiger partial charge in [0.25, 0.3) is 0 Å². The maximum atomic E-state index is 11.2. The number of amides is 1. The first kappa shape index (κ1) is 13.6. The lowest BCUT2D eigenvalue weighted by Crippen LogP contribution is -2.21. The zero-order chi connectivity index (χ0) is 12.8. The van der Waals surface area contributed by atoms with Crippen LogP contribution in [0.2, 0.25) is 0 Å². The number of rotatable bonds is 5. The number of hydrogen-bond acceptors (Lipinski definition) is 2. The summed E-state index contributed by atoms with van der Waals surface area (Å²) in [5.74, 6) is 1.39. The van der Waals surface area contributed by atoms with E-state index >= 15 is 0 Å². The van der Waals surface area contributed by atoms with Crippen LogP contribution in [0.25, 0.3) is 0 Å². The molecule has 0 spiro atoms. The van der Waals surface area contributed by atoms with Crippen LogP contribution in [0.15, 0.2) is 18.2 Å². The molecule has 1 aromatic carbocycles. The van der Waals surface area contributed by atoms with Crippen LogP contribution in [0, 0.1) is 0 Å². The molecule has 0 heterocycles. The van der Waals surface area contributed by atoms with Crippen molar-refractivity contribution in [2.75, 3.05) is 7.11 Å². The minimum absolute atomic E-state index is 0.0758. The van der Waals surface area contributed by atoms with Crippen LogP contribution in [0.5, 0.6) is 5.75 Å². The van der Waals surface area contributed by atoms with Crippen LogP contribution in [-0.2, 0) is 11.3 Å². The molecule has 1 amide bonds. The molecule has 0 aliphatic heterocycles. The summed E-state index contributed by atoms with van der Waals surface area (Å²) in [4.78, 5) is 11.2. The molecule has 0 saturated heterocycles. The highest BCUT2D eigenvalue weighted by Gasteiger charge is 2.08. The molecule has 1 rings (SSSR count). The third-order valence-corrected chi connectivity index (χ3v) is 2.73. The molecular formula is C14H21NO2. The minimum atomic E-state index is 0.0758. The highest BCUT2D eigenvalue weighted by Crippen LogP contribution is 2.27. The Labute approximate surface area is 103 Å². The van der Waals surface area contributed by atoms with Gasteiger partial charge in [-0.3, -0.25) is 4.79 Å². The molecule has 1 N–H and O–H groups in total. The van der Waals surface area contributed by atoms with Crippen LogP contribution in [-0.4, -0.2) is 13.0 Å². The third kappa shape index (κ3) is 3.77. The van der Waals surface area contributed by atoms with Crippen molar-refractivity contribution in [1.29, 1.82) is 0 Å². The standard InChI is InChI=1S/C14H21NO2/c1-5-14(16)15-9-11-6-7-13(17-4)12(8-11)10(2)3/h6-8,10H,5,9H2,1-4H3,(H,15,16). The topological polar surface area (TPSA) is 38.3 Å². The lowest BCUT2D eigenvalue weighted by atomic mass is 9.99. The third-order valence-electron chi connectivity index (χ3n) is 2.73. The molecule has 0 atom stereocenters. The van der Waals surface area contributed by atoms with Crippen molar-refractivity contribution >= 4 is 5.91 Å². The number of carbonyl (C=O) groups excluding carboxylic acids is 1. The van der Waals surface area contributed by atoms with E-state index in [2.05, 4.69) is 25.2 Å². The molecule has 0 radical (unpaired) electrons. The maximum absolute atomic E-state index is 11.2. The van der Waals surface area contributed by atoms with Crippen LogP contribution >= 0.6 is 0 Å². The van der Waals surface area contributed by atoms with E-state index in [1.54, 1.807) is 7.11 Å². The van der Waals surface area contributed by atoms with Crippen molar-refractivity contribution in [1.82, 2.24) is 5.32 Å². The van der Waals surface area contributed by atoms with E-state index in [0.717, 1.165) is 11.3 Å². The molecule has 17 heavy (non-hydrogen) atoms.